The normalized spacial score (nSPS) is 12.2. The first kappa shape index (κ1) is 15.3. The van der Waals surface area contributed by atoms with Gasteiger partial charge >= 0.3 is 0 Å². The van der Waals surface area contributed by atoms with Crippen LogP contribution in [0.25, 0.3) is 0 Å². The van der Waals surface area contributed by atoms with E-state index in [4.69, 9.17) is 0 Å². The van der Waals surface area contributed by atoms with Crippen molar-refractivity contribution >= 4 is 28.3 Å². The molecule has 2 aromatic carbocycles. The number of hydrogen-bond acceptors (Lipinski definition) is 1. The van der Waals surface area contributed by atoms with Gasteiger partial charge in [0.15, 0.2) is 0 Å². The maximum Gasteiger partial charge on any atom is 0.123 e. The molecule has 3 heteroatoms. The Balaban J connectivity index is 2.14. The largest absolute Gasteiger partial charge is 0.378 e. The van der Waals surface area contributed by atoms with E-state index in [0.717, 1.165) is 30.5 Å². The average molecular weight is 383 g/mol. The molecule has 0 saturated carbocycles. The molecule has 0 aliphatic rings. The maximum atomic E-state index is 13.1. The van der Waals surface area contributed by atoms with Crippen LogP contribution >= 0.6 is 22.6 Å². The molecule has 20 heavy (non-hydrogen) atoms. The molecule has 106 valence electrons. The molecule has 0 aliphatic carbocycles. The molecule has 0 bridgehead atoms. The van der Waals surface area contributed by atoms with Gasteiger partial charge in [-0.1, -0.05) is 31.9 Å². The molecule has 0 fully saturated rings. The van der Waals surface area contributed by atoms with E-state index in [2.05, 4.69) is 59.1 Å². The summed E-state index contributed by atoms with van der Waals surface area (Å²) >= 11 is 2.30. The second-order valence-electron chi connectivity index (χ2n) is 4.90. The predicted molar refractivity (Wildman–Crippen MR) is 91.4 cm³/mol. The van der Waals surface area contributed by atoms with Gasteiger partial charge in [-0.25, -0.2) is 4.39 Å². The van der Waals surface area contributed by atoms with Crippen molar-refractivity contribution in [1.82, 2.24) is 0 Å². The number of nitrogens with one attached hydrogen (secondary N) is 1. The Morgan fingerprint density at radius 2 is 1.70 bits per heavy atom. The van der Waals surface area contributed by atoms with Crippen molar-refractivity contribution in [2.24, 2.45) is 0 Å². The van der Waals surface area contributed by atoms with Crippen LogP contribution in [0, 0.1) is 9.39 Å². The predicted octanol–water partition coefficient (Wildman–Crippen LogP) is 5.77. The molecule has 0 aliphatic heterocycles. The Labute approximate surface area is 133 Å². The van der Waals surface area contributed by atoms with Crippen LogP contribution in [0.1, 0.15) is 37.8 Å². The van der Waals surface area contributed by atoms with Crippen LogP contribution in [-0.4, -0.2) is 0 Å². The monoisotopic (exact) mass is 383 g/mol. The molecule has 1 atom stereocenters. The molecule has 2 aromatic rings. The van der Waals surface area contributed by atoms with Gasteiger partial charge in [0.1, 0.15) is 5.82 Å². The lowest BCUT2D eigenvalue weighted by atomic mass is 10.0. The standard InChI is InChI=1S/C17H19FIN/c1-2-3-4-17(13-5-7-14(18)8-6-13)20-16-11-9-15(19)10-12-16/h5-12,17,20H,2-4H2,1H3. The summed E-state index contributed by atoms with van der Waals surface area (Å²) in [5.74, 6) is -0.183. The number of anilines is 1. The summed E-state index contributed by atoms with van der Waals surface area (Å²) in [5.41, 5.74) is 2.24. The topological polar surface area (TPSA) is 12.0 Å². The minimum absolute atomic E-state index is 0.183. The molecule has 0 heterocycles. The summed E-state index contributed by atoms with van der Waals surface area (Å²) < 4.78 is 14.3. The fraction of sp³-hybridized carbons (Fsp3) is 0.294. The van der Waals surface area contributed by atoms with E-state index in [1.54, 1.807) is 0 Å². The number of benzene rings is 2. The van der Waals surface area contributed by atoms with Crippen molar-refractivity contribution in [2.75, 3.05) is 5.32 Å². The molecule has 1 nitrogen and oxygen atoms in total. The Morgan fingerprint density at radius 1 is 1.05 bits per heavy atom. The second-order valence-corrected chi connectivity index (χ2v) is 6.14. The first-order chi connectivity index (χ1) is 9.69. The third-order valence-electron chi connectivity index (χ3n) is 3.30. The quantitative estimate of drug-likeness (QED) is 0.624. The zero-order valence-electron chi connectivity index (χ0n) is 11.6. The number of hydrogen-bond donors (Lipinski definition) is 1. The first-order valence-corrected chi connectivity index (χ1v) is 8.04. The van der Waals surface area contributed by atoms with Crippen LogP contribution in [0.5, 0.6) is 0 Å². The van der Waals surface area contributed by atoms with Gasteiger partial charge in [-0.3, -0.25) is 0 Å². The molecule has 0 saturated heterocycles. The Morgan fingerprint density at radius 3 is 2.30 bits per heavy atom. The molecule has 2 rings (SSSR count). The molecular weight excluding hydrogens is 364 g/mol. The minimum Gasteiger partial charge on any atom is -0.378 e. The smallest absolute Gasteiger partial charge is 0.123 e. The van der Waals surface area contributed by atoms with Crippen LogP contribution in [0.4, 0.5) is 10.1 Å². The van der Waals surface area contributed by atoms with Crippen LogP contribution in [-0.2, 0) is 0 Å². The summed E-state index contributed by atoms with van der Waals surface area (Å²) in [4.78, 5) is 0. The van der Waals surface area contributed by atoms with Crippen LogP contribution < -0.4 is 5.32 Å². The zero-order valence-corrected chi connectivity index (χ0v) is 13.7. The third kappa shape index (κ3) is 4.47. The van der Waals surface area contributed by atoms with E-state index in [-0.39, 0.29) is 11.9 Å². The molecule has 1 N–H and O–H groups in total. The van der Waals surface area contributed by atoms with Gasteiger partial charge in [-0.05, 0) is 71.0 Å². The number of unbranched alkanes of at least 4 members (excludes halogenated alkanes) is 1. The molecule has 1 unspecified atom stereocenters. The summed E-state index contributed by atoms with van der Waals surface area (Å²) in [6.45, 7) is 2.19. The van der Waals surface area contributed by atoms with Crippen molar-refractivity contribution in [3.05, 3.63) is 63.5 Å². The van der Waals surface area contributed by atoms with Gasteiger partial charge in [0.2, 0.25) is 0 Å². The van der Waals surface area contributed by atoms with E-state index in [0.29, 0.717) is 0 Å². The molecule has 0 aromatic heterocycles. The lowest BCUT2D eigenvalue weighted by Crippen LogP contribution is -2.10. The summed E-state index contributed by atoms with van der Waals surface area (Å²) in [6, 6.07) is 15.4. The zero-order chi connectivity index (χ0) is 14.4. The highest BCUT2D eigenvalue weighted by atomic mass is 127. The Hall–Kier alpha value is -1.10. The first-order valence-electron chi connectivity index (χ1n) is 6.96. The number of halogens is 2. The minimum atomic E-state index is -0.183. The maximum absolute atomic E-state index is 13.1. The van der Waals surface area contributed by atoms with Crippen LogP contribution in [0.3, 0.4) is 0 Å². The van der Waals surface area contributed by atoms with Crippen molar-refractivity contribution in [1.29, 1.82) is 0 Å². The number of rotatable bonds is 6. The van der Waals surface area contributed by atoms with Gasteiger partial charge in [0.05, 0.1) is 6.04 Å². The van der Waals surface area contributed by atoms with E-state index >= 15 is 0 Å². The van der Waals surface area contributed by atoms with Crippen LogP contribution in [0.15, 0.2) is 48.5 Å². The molecular formula is C17H19FIN. The van der Waals surface area contributed by atoms with Gasteiger partial charge < -0.3 is 5.32 Å². The highest BCUT2D eigenvalue weighted by Gasteiger charge is 2.11. The van der Waals surface area contributed by atoms with Gasteiger partial charge in [-0.2, -0.15) is 0 Å². The third-order valence-corrected chi connectivity index (χ3v) is 4.02. The second kappa shape index (κ2) is 7.62. The average Bonchev–Trinajstić information content (AvgIpc) is 2.46. The van der Waals surface area contributed by atoms with Gasteiger partial charge in [0.25, 0.3) is 0 Å². The SMILES string of the molecule is CCCCC(Nc1ccc(I)cc1)c1ccc(F)cc1. The fourth-order valence-corrected chi connectivity index (χ4v) is 2.53. The van der Waals surface area contributed by atoms with Crippen LogP contribution in [0.2, 0.25) is 0 Å². The summed E-state index contributed by atoms with van der Waals surface area (Å²) in [5, 5.41) is 3.55. The molecule has 0 spiro atoms. The van der Waals surface area contributed by atoms with Crippen molar-refractivity contribution < 1.29 is 4.39 Å². The van der Waals surface area contributed by atoms with Crippen molar-refractivity contribution in [3.8, 4) is 0 Å². The van der Waals surface area contributed by atoms with Crippen molar-refractivity contribution in [3.63, 3.8) is 0 Å². The van der Waals surface area contributed by atoms with E-state index < -0.39 is 0 Å². The van der Waals surface area contributed by atoms with E-state index in [1.807, 2.05) is 12.1 Å². The summed E-state index contributed by atoms with van der Waals surface area (Å²) in [7, 11) is 0. The Bertz CT molecular complexity index is 522. The highest BCUT2D eigenvalue weighted by molar-refractivity contribution is 14.1. The highest BCUT2D eigenvalue weighted by Crippen LogP contribution is 2.25. The molecule has 0 amide bonds. The Kier molecular flexibility index (Phi) is 5.83. The van der Waals surface area contributed by atoms with Gasteiger partial charge in [0, 0.05) is 9.26 Å². The van der Waals surface area contributed by atoms with E-state index in [1.165, 1.54) is 15.7 Å². The van der Waals surface area contributed by atoms with E-state index in [9.17, 15) is 4.39 Å². The fourth-order valence-electron chi connectivity index (χ4n) is 2.17. The van der Waals surface area contributed by atoms with Gasteiger partial charge in [-0.15, -0.1) is 0 Å². The lowest BCUT2D eigenvalue weighted by Gasteiger charge is -2.20. The molecule has 0 radical (unpaired) electrons. The summed E-state index contributed by atoms with van der Waals surface area (Å²) in [6.07, 6.45) is 3.36. The lowest BCUT2D eigenvalue weighted by molar-refractivity contribution is 0.616. The van der Waals surface area contributed by atoms with Crippen molar-refractivity contribution in [2.45, 2.75) is 32.2 Å².